The average Bonchev–Trinajstić information content (AvgIpc) is 2.42. The van der Waals surface area contributed by atoms with Gasteiger partial charge in [0.25, 0.3) is 6.92 Å². The molecule has 0 unspecified atom stereocenters. The summed E-state index contributed by atoms with van der Waals surface area (Å²) in [6.07, 6.45) is 0. The molecule has 2 radical (unpaired) electrons. The van der Waals surface area contributed by atoms with Crippen molar-refractivity contribution in [1.82, 2.24) is 0 Å². The van der Waals surface area contributed by atoms with Crippen molar-refractivity contribution < 1.29 is 79.2 Å². The van der Waals surface area contributed by atoms with E-state index in [1.165, 1.54) is 19.0 Å². The third kappa shape index (κ3) is 7.90. The Balaban J connectivity index is 0. The van der Waals surface area contributed by atoms with Crippen LogP contribution in [0.3, 0.4) is 0 Å². The van der Waals surface area contributed by atoms with Gasteiger partial charge in [0.2, 0.25) is 0 Å². The second kappa shape index (κ2) is 12.5. The molecule has 0 saturated heterocycles. The van der Waals surface area contributed by atoms with Gasteiger partial charge in [-0.25, -0.2) is 0 Å². The summed E-state index contributed by atoms with van der Waals surface area (Å²) < 4.78 is 25.7. The summed E-state index contributed by atoms with van der Waals surface area (Å²) in [4.78, 5) is 0. The summed E-state index contributed by atoms with van der Waals surface area (Å²) in [5.74, 6) is -0.778. The van der Waals surface area contributed by atoms with Crippen molar-refractivity contribution in [2.45, 2.75) is 20.7 Å². The van der Waals surface area contributed by atoms with Crippen molar-refractivity contribution in [3.63, 3.8) is 0 Å². The molecule has 2 aromatic carbocycles. The van der Waals surface area contributed by atoms with E-state index in [0.29, 0.717) is 21.2 Å². The Kier molecular flexibility index (Phi) is 14.3. The molecule has 1 N–H and O–H groups in total. The number of hydrogen-bond donors (Lipinski definition) is 1. The van der Waals surface area contributed by atoms with Crippen LogP contribution in [0.4, 0.5) is 8.78 Å². The van der Waals surface area contributed by atoms with Crippen LogP contribution in [0.25, 0.3) is 0 Å². The van der Waals surface area contributed by atoms with E-state index >= 15 is 0 Å². The van der Waals surface area contributed by atoms with E-state index in [1.54, 1.807) is 19.9 Å². The van der Waals surface area contributed by atoms with Gasteiger partial charge in [0, 0.05) is 77.1 Å². The maximum absolute atomic E-state index is 13.2. The molecule has 0 heterocycles. The fraction of sp³-hybridized carbons (Fsp3) is 0.200. The Morgan fingerprint density at radius 1 is 1.00 bits per heavy atom. The Morgan fingerprint density at radius 2 is 1.52 bits per heavy atom. The first-order valence-corrected chi connectivity index (χ1v) is 6.87. The van der Waals surface area contributed by atoms with Crippen molar-refractivity contribution in [3.8, 4) is 0 Å². The quantitative estimate of drug-likeness (QED) is 0.458. The smallest absolute Gasteiger partial charge is 0.297 e. The van der Waals surface area contributed by atoms with Gasteiger partial charge in [0.1, 0.15) is 0 Å². The Hall–Kier alpha value is 1.11. The van der Waals surface area contributed by atoms with Crippen LogP contribution in [-0.2, 0) is 65.4 Å². The molecule has 2 rings (SSSR count). The first-order chi connectivity index (χ1) is 9.75. The van der Waals surface area contributed by atoms with Crippen molar-refractivity contribution >= 4 is 35.6 Å². The van der Waals surface area contributed by atoms with Gasteiger partial charge in [-0.15, -0.1) is 22.7 Å². The topological polar surface area (TPSA) is 20.2 Å². The van der Waals surface area contributed by atoms with Gasteiger partial charge in [-0.2, -0.15) is 47.5 Å². The standard InChI is InChI=1S/C8H8BClFO.C7H5ClF.2Y/c1-5-7(10)4-3-6(8(5)11)9(2)12;1-5-6(8)3-2-4-7(5)9;;/h4,12H,1-2H3;3-4H,1H3;;/q2*-1;;. The summed E-state index contributed by atoms with van der Waals surface area (Å²) in [6, 6.07) is 9.42. The van der Waals surface area contributed by atoms with Crippen molar-refractivity contribution in [3.05, 3.63) is 63.1 Å². The van der Waals surface area contributed by atoms with Crippen LogP contribution < -0.4 is 5.46 Å². The van der Waals surface area contributed by atoms with E-state index < -0.39 is 12.7 Å². The zero-order chi connectivity index (χ0) is 16.2. The fourth-order valence-corrected chi connectivity index (χ4v) is 1.73. The van der Waals surface area contributed by atoms with Gasteiger partial charge >= 0.3 is 0 Å². The normalized spacial score (nSPS) is 9.04. The second-order valence-corrected chi connectivity index (χ2v) is 5.26. The number of halogens is 4. The maximum atomic E-state index is 13.2. The van der Waals surface area contributed by atoms with Crippen LogP contribution in [0, 0.1) is 37.6 Å². The first-order valence-electron chi connectivity index (χ1n) is 6.11. The van der Waals surface area contributed by atoms with E-state index in [-0.39, 0.29) is 76.7 Å². The van der Waals surface area contributed by atoms with Gasteiger partial charge < -0.3 is 5.02 Å². The molecule has 0 aliphatic rings. The van der Waals surface area contributed by atoms with Gasteiger partial charge in [0.15, 0.2) is 0 Å². The Labute approximate surface area is 196 Å². The van der Waals surface area contributed by atoms with E-state index in [0.717, 1.165) is 0 Å². The minimum atomic E-state index is -0.846. The largest absolute Gasteiger partial charge is 0.448 e. The molecule has 8 heteroatoms. The monoisotopic (exact) mass is 506 g/mol. The molecule has 23 heavy (non-hydrogen) atoms. The number of rotatable bonds is 1. The number of benzene rings is 2. The molecule has 0 aromatic heterocycles. The minimum Gasteiger partial charge on any atom is -0.448 e. The van der Waals surface area contributed by atoms with Crippen molar-refractivity contribution in [2.75, 3.05) is 0 Å². The summed E-state index contributed by atoms with van der Waals surface area (Å²) in [6.45, 7) is 3.84. The SMILES string of the molecule is CB(O)c1[c-]cc(Cl)c(C)c1F.Cc1c(F)c[c-]cc1Cl.[Y].[Y]. The van der Waals surface area contributed by atoms with Crippen molar-refractivity contribution in [1.29, 1.82) is 0 Å². The molecule has 0 atom stereocenters. The molecule has 0 fully saturated rings. The molecule has 2 aromatic rings. The van der Waals surface area contributed by atoms with Crippen LogP contribution in [0.2, 0.25) is 16.9 Å². The molecule has 0 aliphatic heterocycles. The summed E-state index contributed by atoms with van der Waals surface area (Å²) in [5.41, 5.74) is 0.999. The minimum absolute atomic E-state index is 0. The first kappa shape index (κ1) is 26.3. The average molecular weight is 507 g/mol. The third-order valence-electron chi connectivity index (χ3n) is 2.83. The molecule has 0 saturated carbocycles. The molecule has 0 bridgehead atoms. The maximum Gasteiger partial charge on any atom is 0.297 e. The van der Waals surface area contributed by atoms with Gasteiger partial charge in [-0.05, 0) is 0 Å². The zero-order valence-corrected chi connectivity index (χ0v) is 20.1. The summed E-state index contributed by atoms with van der Waals surface area (Å²) >= 11 is 11.2. The van der Waals surface area contributed by atoms with E-state index in [9.17, 15) is 8.78 Å². The zero-order valence-electron chi connectivity index (χ0n) is 12.9. The van der Waals surface area contributed by atoms with Crippen LogP contribution >= 0.6 is 23.2 Å². The van der Waals surface area contributed by atoms with Crippen LogP contribution in [0.15, 0.2) is 18.2 Å². The summed E-state index contributed by atoms with van der Waals surface area (Å²) in [7, 11) is 0. The Morgan fingerprint density at radius 3 is 1.96 bits per heavy atom. The van der Waals surface area contributed by atoms with Gasteiger partial charge in [0.05, 0.1) is 0 Å². The van der Waals surface area contributed by atoms with Crippen LogP contribution in [-0.4, -0.2) is 11.9 Å². The molecular formula is C15H13BCl2F2OY2-2. The van der Waals surface area contributed by atoms with Gasteiger partial charge in [-0.1, -0.05) is 30.7 Å². The molecule has 0 spiro atoms. The molecule has 0 amide bonds. The summed E-state index contributed by atoms with van der Waals surface area (Å²) in [5, 5.41) is 9.86. The molecule has 0 aliphatic carbocycles. The van der Waals surface area contributed by atoms with Gasteiger partial charge in [-0.3, -0.25) is 8.78 Å². The molecular weight excluding hydrogens is 494 g/mol. The molecule has 118 valence electrons. The second-order valence-electron chi connectivity index (χ2n) is 4.44. The van der Waals surface area contributed by atoms with E-state index in [2.05, 4.69) is 12.1 Å². The van der Waals surface area contributed by atoms with Crippen molar-refractivity contribution in [2.24, 2.45) is 0 Å². The Bertz CT molecular complexity index is 623. The fourth-order valence-electron chi connectivity index (χ4n) is 1.44. The van der Waals surface area contributed by atoms with Crippen LogP contribution in [0.5, 0.6) is 0 Å². The predicted molar refractivity (Wildman–Crippen MR) is 83.4 cm³/mol. The van der Waals surface area contributed by atoms with E-state index in [1.807, 2.05) is 0 Å². The molecule has 1 nitrogen and oxygen atoms in total. The third-order valence-corrected chi connectivity index (χ3v) is 3.62. The predicted octanol–water partition coefficient (Wildman–Crippen LogP) is 3.99. The van der Waals surface area contributed by atoms with E-state index in [4.69, 9.17) is 28.2 Å². The van der Waals surface area contributed by atoms with Crippen LogP contribution in [0.1, 0.15) is 11.1 Å². The number of hydrogen-bond acceptors (Lipinski definition) is 1.